The van der Waals surface area contributed by atoms with Gasteiger partial charge in [0.25, 0.3) is 5.91 Å². The van der Waals surface area contributed by atoms with Gasteiger partial charge in [-0.15, -0.1) is 0 Å². The Balaban J connectivity index is 2.96. The van der Waals surface area contributed by atoms with Crippen LogP contribution in [0.3, 0.4) is 0 Å². The summed E-state index contributed by atoms with van der Waals surface area (Å²) in [7, 11) is 1.53. The Kier molecular flexibility index (Phi) is 2.53. The highest BCUT2D eigenvalue weighted by molar-refractivity contribution is 9.10. The zero-order valence-electron chi connectivity index (χ0n) is 5.84. The summed E-state index contributed by atoms with van der Waals surface area (Å²) in [5.74, 6) is -0.117. The van der Waals surface area contributed by atoms with E-state index in [0.717, 1.165) is 0 Å². The van der Waals surface area contributed by atoms with Gasteiger partial charge < -0.3 is 5.32 Å². The molecule has 0 saturated carbocycles. The summed E-state index contributed by atoms with van der Waals surface area (Å²) in [5, 5.41) is 2.42. The molecule has 4 nitrogen and oxygen atoms in total. The molecule has 1 heterocycles. The standard InChI is InChI=1S/C6H6BrN3O/c1-8-6(11)5-9-3-2-4(7)10-5/h2-3H,1H3,(H,8,11). The molecule has 58 valence electrons. The quantitative estimate of drug-likeness (QED) is 0.699. The second-order valence-corrected chi connectivity index (χ2v) is 2.59. The van der Waals surface area contributed by atoms with E-state index in [4.69, 9.17) is 0 Å². The highest BCUT2D eigenvalue weighted by Crippen LogP contribution is 2.02. The average molecular weight is 216 g/mol. The molecule has 0 radical (unpaired) electrons. The van der Waals surface area contributed by atoms with E-state index in [1.54, 1.807) is 6.07 Å². The average Bonchev–Trinajstić information content (AvgIpc) is 2.03. The summed E-state index contributed by atoms with van der Waals surface area (Å²) in [6.45, 7) is 0. The van der Waals surface area contributed by atoms with Crippen molar-refractivity contribution in [2.45, 2.75) is 0 Å². The van der Waals surface area contributed by atoms with Crippen molar-refractivity contribution >= 4 is 21.8 Å². The summed E-state index contributed by atoms with van der Waals surface area (Å²) < 4.78 is 0.603. The number of carbonyl (C=O) groups is 1. The Morgan fingerprint density at radius 2 is 2.45 bits per heavy atom. The fraction of sp³-hybridized carbons (Fsp3) is 0.167. The van der Waals surface area contributed by atoms with Crippen molar-refractivity contribution in [3.63, 3.8) is 0 Å². The molecule has 0 fully saturated rings. The number of hydrogen-bond donors (Lipinski definition) is 1. The molecular weight excluding hydrogens is 210 g/mol. The summed E-state index contributed by atoms with van der Waals surface area (Å²) in [5.41, 5.74) is 0. The molecule has 11 heavy (non-hydrogen) atoms. The minimum Gasteiger partial charge on any atom is -0.352 e. The Morgan fingerprint density at radius 3 is 3.00 bits per heavy atom. The van der Waals surface area contributed by atoms with Gasteiger partial charge in [-0.1, -0.05) is 0 Å². The summed E-state index contributed by atoms with van der Waals surface area (Å²) in [6.07, 6.45) is 1.52. The van der Waals surface area contributed by atoms with Gasteiger partial charge in [0.15, 0.2) is 0 Å². The number of rotatable bonds is 1. The lowest BCUT2D eigenvalue weighted by molar-refractivity contribution is 0.0952. The van der Waals surface area contributed by atoms with Gasteiger partial charge in [-0.05, 0) is 22.0 Å². The number of hydrogen-bond acceptors (Lipinski definition) is 3. The maximum absolute atomic E-state index is 10.9. The van der Waals surface area contributed by atoms with Gasteiger partial charge in [-0.2, -0.15) is 0 Å². The van der Waals surface area contributed by atoms with Crippen LogP contribution in [-0.4, -0.2) is 22.9 Å². The van der Waals surface area contributed by atoms with E-state index in [2.05, 4.69) is 31.2 Å². The minimum absolute atomic E-state index is 0.168. The molecule has 0 aliphatic heterocycles. The van der Waals surface area contributed by atoms with Crippen LogP contribution in [0.25, 0.3) is 0 Å². The molecule has 1 aromatic heterocycles. The van der Waals surface area contributed by atoms with E-state index >= 15 is 0 Å². The van der Waals surface area contributed by atoms with E-state index in [1.807, 2.05) is 0 Å². The highest BCUT2D eigenvalue weighted by Gasteiger charge is 2.04. The predicted molar refractivity (Wildman–Crippen MR) is 43.1 cm³/mol. The molecule has 0 saturated heterocycles. The van der Waals surface area contributed by atoms with Crippen LogP contribution in [0.5, 0.6) is 0 Å². The van der Waals surface area contributed by atoms with E-state index in [-0.39, 0.29) is 11.7 Å². The van der Waals surface area contributed by atoms with Gasteiger partial charge in [0.1, 0.15) is 4.60 Å². The second-order valence-electron chi connectivity index (χ2n) is 1.78. The van der Waals surface area contributed by atoms with Gasteiger partial charge in [0.05, 0.1) is 0 Å². The maximum atomic E-state index is 10.9. The van der Waals surface area contributed by atoms with Crippen molar-refractivity contribution in [2.24, 2.45) is 0 Å². The zero-order chi connectivity index (χ0) is 8.27. The van der Waals surface area contributed by atoms with Crippen molar-refractivity contribution in [2.75, 3.05) is 7.05 Å². The van der Waals surface area contributed by atoms with Crippen LogP contribution in [0.4, 0.5) is 0 Å². The van der Waals surface area contributed by atoms with E-state index in [9.17, 15) is 4.79 Å². The number of halogens is 1. The molecule has 1 amide bonds. The predicted octanol–water partition coefficient (Wildman–Crippen LogP) is 0.599. The number of carbonyl (C=O) groups excluding carboxylic acids is 1. The molecule has 1 N–H and O–H groups in total. The van der Waals surface area contributed by atoms with Gasteiger partial charge in [0.2, 0.25) is 5.82 Å². The molecule has 0 aliphatic rings. The number of nitrogens with one attached hydrogen (secondary N) is 1. The monoisotopic (exact) mass is 215 g/mol. The molecule has 0 atom stereocenters. The number of aromatic nitrogens is 2. The fourth-order valence-electron chi connectivity index (χ4n) is 0.558. The molecule has 0 bridgehead atoms. The molecule has 0 aliphatic carbocycles. The topological polar surface area (TPSA) is 54.9 Å². The van der Waals surface area contributed by atoms with Crippen LogP contribution in [0.15, 0.2) is 16.9 Å². The third-order valence-electron chi connectivity index (χ3n) is 1.05. The van der Waals surface area contributed by atoms with Crippen molar-refractivity contribution in [3.8, 4) is 0 Å². The fourth-order valence-corrected chi connectivity index (χ4v) is 0.844. The Labute approximate surface area is 72.2 Å². The Morgan fingerprint density at radius 1 is 1.73 bits per heavy atom. The maximum Gasteiger partial charge on any atom is 0.288 e. The molecule has 0 unspecified atom stereocenters. The van der Waals surface area contributed by atoms with Gasteiger partial charge >= 0.3 is 0 Å². The lowest BCUT2D eigenvalue weighted by atomic mass is 10.5. The summed E-state index contributed by atoms with van der Waals surface area (Å²) in [6, 6.07) is 1.66. The van der Waals surface area contributed by atoms with Crippen molar-refractivity contribution in [3.05, 3.63) is 22.7 Å². The van der Waals surface area contributed by atoms with Crippen LogP contribution in [0.2, 0.25) is 0 Å². The molecular formula is C6H6BrN3O. The largest absolute Gasteiger partial charge is 0.352 e. The SMILES string of the molecule is CNC(=O)c1nccc(Br)n1. The first-order valence-electron chi connectivity index (χ1n) is 2.94. The molecule has 0 spiro atoms. The van der Waals surface area contributed by atoms with Crippen molar-refractivity contribution < 1.29 is 4.79 Å². The number of nitrogens with zero attached hydrogens (tertiary/aromatic N) is 2. The molecule has 0 aromatic carbocycles. The Bertz CT molecular complexity index is 276. The third kappa shape index (κ3) is 1.98. The molecule has 5 heteroatoms. The van der Waals surface area contributed by atoms with Gasteiger partial charge in [-0.3, -0.25) is 4.79 Å². The van der Waals surface area contributed by atoms with Crippen LogP contribution >= 0.6 is 15.9 Å². The lowest BCUT2D eigenvalue weighted by Crippen LogP contribution is -2.20. The second kappa shape index (κ2) is 3.43. The molecule has 1 aromatic rings. The highest BCUT2D eigenvalue weighted by atomic mass is 79.9. The smallest absolute Gasteiger partial charge is 0.288 e. The zero-order valence-corrected chi connectivity index (χ0v) is 7.42. The van der Waals surface area contributed by atoms with Crippen LogP contribution in [-0.2, 0) is 0 Å². The van der Waals surface area contributed by atoms with E-state index in [1.165, 1.54) is 13.2 Å². The number of amides is 1. The summed E-state index contributed by atoms with van der Waals surface area (Å²) >= 11 is 3.13. The van der Waals surface area contributed by atoms with Gasteiger partial charge in [-0.25, -0.2) is 9.97 Å². The third-order valence-corrected chi connectivity index (χ3v) is 1.49. The van der Waals surface area contributed by atoms with Crippen LogP contribution in [0, 0.1) is 0 Å². The van der Waals surface area contributed by atoms with Crippen molar-refractivity contribution in [1.29, 1.82) is 0 Å². The normalized spacial score (nSPS) is 9.27. The minimum atomic E-state index is -0.286. The summed E-state index contributed by atoms with van der Waals surface area (Å²) in [4.78, 5) is 18.5. The van der Waals surface area contributed by atoms with Crippen molar-refractivity contribution in [1.82, 2.24) is 15.3 Å². The first-order valence-corrected chi connectivity index (χ1v) is 3.74. The van der Waals surface area contributed by atoms with E-state index < -0.39 is 0 Å². The first kappa shape index (κ1) is 8.13. The van der Waals surface area contributed by atoms with Gasteiger partial charge in [0, 0.05) is 13.2 Å². The molecule has 1 rings (SSSR count). The van der Waals surface area contributed by atoms with E-state index in [0.29, 0.717) is 4.60 Å². The first-order chi connectivity index (χ1) is 5.24. The van der Waals surface area contributed by atoms with Crippen LogP contribution in [0.1, 0.15) is 10.6 Å². The van der Waals surface area contributed by atoms with Crippen LogP contribution < -0.4 is 5.32 Å². The Hall–Kier alpha value is -0.970. The lowest BCUT2D eigenvalue weighted by Gasteiger charge is -1.96.